The predicted octanol–water partition coefficient (Wildman–Crippen LogP) is 1.50. The van der Waals surface area contributed by atoms with Crippen LogP contribution in [0.2, 0.25) is 0 Å². The molecule has 0 saturated carbocycles. The Hall–Kier alpha value is -1.35. The Morgan fingerprint density at radius 3 is 2.47 bits per heavy atom. The zero-order valence-corrected chi connectivity index (χ0v) is 12.0. The third-order valence-electron chi connectivity index (χ3n) is 2.79. The van der Waals surface area contributed by atoms with E-state index in [1.807, 2.05) is 13.8 Å². The average Bonchev–Trinajstić information content (AvgIpc) is 2.42. The quantitative estimate of drug-likeness (QED) is 0.804. The summed E-state index contributed by atoms with van der Waals surface area (Å²) in [4.78, 5) is 0.155. The minimum absolute atomic E-state index is 0.0798. The molecule has 0 amide bonds. The first-order chi connectivity index (χ1) is 9.05. The average molecular weight is 281 g/mol. The highest BCUT2D eigenvalue weighted by atomic mass is 32.2. The summed E-state index contributed by atoms with van der Waals surface area (Å²) in [7, 11) is -3.58. The molecule has 0 aromatic heterocycles. The van der Waals surface area contributed by atoms with E-state index in [2.05, 4.69) is 16.6 Å². The lowest BCUT2D eigenvalue weighted by Crippen LogP contribution is -2.34. The molecule has 0 atom stereocenters. The van der Waals surface area contributed by atoms with Gasteiger partial charge >= 0.3 is 0 Å². The maximum atomic E-state index is 12.3. The maximum absolute atomic E-state index is 12.3. The largest absolute Gasteiger partial charge is 0.384 e. The number of hydrogen-bond donors (Lipinski definition) is 2. The molecule has 0 aliphatic rings. The lowest BCUT2D eigenvalue weighted by atomic mass is 10.2. The van der Waals surface area contributed by atoms with Crippen molar-refractivity contribution in [3.8, 4) is 11.8 Å². The van der Waals surface area contributed by atoms with Crippen molar-refractivity contribution in [2.45, 2.75) is 37.6 Å². The summed E-state index contributed by atoms with van der Waals surface area (Å²) < 4.78 is 27.3. The van der Waals surface area contributed by atoms with Crippen LogP contribution in [0.4, 0.5) is 0 Å². The molecular weight excluding hydrogens is 262 g/mol. The standard InChI is InChI=1S/C14H19NO3S/c1-3-13(4-2)15-19(17,18)14-10-6-5-8-12(14)9-7-11-16/h5-6,8,10,13,15-16H,3-4,11H2,1-2H3. The van der Waals surface area contributed by atoms with Crippen LogP contribution >= 0.6 is 0 Å². The molecule has 0 saturated heterocycles. The van der Waals surface area contributed by atoms with Gasteiger partial charge in [-0.25, -0.2) is 13.1 Å². The third-order valence-corrected chi connectivity index (χ3v) is 4.36. The number of hydrogen-bond acceptors (Lipinski definition) is 3. The van der Waals surface area contributed by atoms with Crippen molar-refractivity contribution in [3.63, 3.8) is 0 Å². The molecule has 1 aromatic carbocycles. The highest BCUT2D eigenvalue weighted by molar-refractivity contribution is 7.89. The molecule has 0 bridgehead atoms. The number of nitrogens with one attached hydrogen (secondary N) is 1. The van der Waals surface area contributed by atoms with Gasteiger partial charge in [0.1, 0.15) is 6.61 Å². The monoisotopic (exact) mass is 281 g/mol. The second-order valence-electron chi connectivity index (χ2n) is 4.09. The second kappa shape index (κ2) is 7.29. The highest BCUT2D eigenvalue weighted by Gasteiger charge is 2.20. The van der Waals surface area contributed by atoms with Crippen LogP contribution in [0.15, 0.2) is 29.2 Å². The zero-order valence-electron chi connectivity index (χ0n) is 11.2. The predicted molar refractivity (Wildman–Crippen MR) is 75.1 cm³/mol. The van der Waals surface area contributed by atoms with Gasteiger partial charge in [-0.1, -0.05) is 37.8 Å². The van der Waals surface area contributed by atoms with Gasteiger partial charge in [-0.15, -0.1) is 0 Å². The first-order valence-electron chi connectivity index (χ1n) is 6.26. The van der Waals surface area contributed by atoms with Gasteiger partial charge in [0.05, 0.1) is 4.90 Å². The topological polar surface area (TPSA) is 66.4 Å². The fraction of sp³-hybridized carbons (Fsp3) is 0.429. The molecule has 0 unspecified atom stereocenters. The van der Waals surface area contributed by atoms with E-state index in [1.165, 1.54) is 6.07 Å². The number of rotatable bonds is 5. The van der Waals surface area contributed by atoms with Gasteiger partial charge in [0.15, 0.2) is 0 Å². The molecule has 104 valence electrons. The van der Waals surface area contributed by atoms with E-state index in [0.717, 1.165) is 12.8 Å². The summed E-state index contributed by atoms with van der Waals surface area (Å²) in [5.41, 5.74) is 0.398. The van der Waals surface area contributed by atoms with Crippen molar-refractivity contribution >= 4 is 10.0 Å². The number of benzene rings is 1. The lowest BCUT2D eigenvalue weighted by Gasteiger charge is -2.15. The Morgan fingerprint density at radius 1 is 1.26 bits per heavy atom. The minimum Gasteiger partial charge on any atom is -0.384 e. The van der Waals surface area contributed by atoms with E-state index in [9.17, 15) is 8.42 Å². The van der Waals surface area contributed by atoms with Crippen LogP contribution in [0.25, 0.3) is 0 Å². The van der Waals surface area contributed by atoms with E-state index in [4.69, 9.17) is 5.11 Å². The molecule has 0 aliphatic heterocycles. The summed E-state index contributed by atoms with van der Waals surface area (Å²) in [6.07, 6.45) is 1.47. The van der Waals surface area contributed by atoms with Crippen LogP contribution in [0.3, 0.4) is 0 Å². The van der Waals surface area contributed by atoms with Crippen molar-refractivity contribution in [2.24, 2.45) is 0 Å². The van der Waals surface area contributed by atoms with Gasteiger partial charge in [-0.05, 0) is 25.0 Å². The highest BCUT2D eigenvalue weighted by Crippen LogP contribution is 2.15. The van der Waals surface area contributed by atoms with Gasteiger partial charge in [0.2, 0.25) is 10.0 Å². The molecule has 0 radical (unpaired) electrons. The van der Waals surface area contributed by atoms with Crippen LogP contribution in [-0.4, -0.2) is 26.2 Å². The van der Waals surface area contributed by atoms with Crippen LogP contribution < -0.4 is 4.72 Å². The van der Waals surface area contributed by atoms with Gasteiger partial charge in [0.25, 0.3) is 0 Å². The molecule has 4 nitrogen and oxygen atoms in total. The van der Waals surface area contributed by atoms with Gasteiger partial charge in [0, 0.05) is 11.6 Å². The summed E-state index contributed by atoms with van der Waals surface area (Å²) >= 11 is 0. The SMILES string of the molecule is CCC(CC)NS(=O)(=O)c1ccccc1C#CCO. The Bertz CT molecular complexity index is 566. The van der Waals surface area contributed by atoms with Crippen molar-refractivity contribution in [1.29, 1.82) is 0 Å². The zero-order chi connectivity index (χ0) is 14.3. The van der Waals surface area contributed by atoms with E-state index in [1.54, 1.807) is 18.2 Å². The Labute approximate surface area is 114 Å². The summed E-state index contributed by atoms with van der Waals surface area (Å²) in [5.74, 6) is 5.13. The maximum Gasteiger partial charge on any atom is 0.242 e. The normalized spacial score (nSPS) is 11.2. The van der Waals surface area contributed by atoms with Crippen molar-refractivity contribution in [3.05, 3.63) is 29.8 Å². The summed E-state index contributed by atoms with van der Waals surface area (Å²) in [6.45, 7) is 3.58. The van der Waals surface area contributed by atoms with Gasteiger partial charge in [-0.2, -0.15) is 0 Å². The lowest BCUT2D eigenvalue weighted by molar-refractivity contribution is 0.350. The van der Waals surface area contributed by atoms with Crippen molar-refractivity contribution < 1.29 is 13.5 Å². The fourth-order valence-corrected chi connectivity index (χ4v) is 3.24. The van der Waals surface area contributed by atoms with Crippen molar-refractivity contribution in [1.82, 2.24) is 4.72 Å². The summed E-state index contributed by atoms with van der Waals surface area (Å²) in [6, 6.07) is 6.45. The smallest absolute Gasteiger partial charge is 0.242 e. The van der Waals surface area contributed by atoms with Crippen molar-refractivity contribution in [2.75, 3.05) is 6.61 Å². The molecule has 0 heterocycles. The number of aliphatic hydroxyl groups is 1. The third kappa shape index (κ3) is 4.35. The molecule has 19 heavy (non-hydrogen) atoms. The molecular formula is C14H19NO3S. The van der Waals surface area contributed by atoms with Crippen LogP contribution in [0, 0.1) is 11.8 Å². The molecule has 1 rings (SSSR count). The second-order valence-corrected chi connectivity index (χ2v) is 5.77. The van der Waals surface area contributed by atoms with E-state index >= 15 is 0 Å². The minimum atomic E-state index is -3.58. The summed E-state index contributed by atoms with van der Waals surface area (Å²) in [5, 5.41) is 8.70. The Morgan fingerprint density at radius 2 is 1.89 bits per heavy atom. The van der Waals surface area contributed by atoms with Crippen LogP contribution in [0.1, 0.15) is 32.3 Å². The van der Waals surface area contributed by atoms with Crippen LogP contribution in [0.5, 0.6) is 0 Å². The number of aliphatic hydroxyl groups excluding tert-OH is 1. The molecule has 2 N–H and O–H groups in total. The van der Waals surface area contributed by atoms with E-state index in [-0.39, 0.29) is 17.5 Å². The first kappa shape index (κ1) is 15.7. The molecule has 0 aliphatic carbocycles. The van der Waals surface area contributed by atoms with Gasteiger partial charge in [-0.3, -0.25) is 0 Å². The molecule has 0 fully saturated rings. The number of sulfonamides is 1. The van der Waals surface area contributed by atoms with Gasteiger partial charge < -0.3 is 5.11 Å². The van der Waals surface area contributed by atoms with E-state index < -0.39 is 10.0 Å². The van der Waals surface area contributed by atoms with Crippen LogP contribution in [-0.2, 0) is 10.0 Å². The first-order valence-corrected chi connectivity index (χ1v) is 7.74. The molecule has 1 aromatic rings. The fourth-order valence-electron chi connectivity index (χ4n) is 1.68. The molecule has 0 spiro atoms. The van der Waals surface area contributed by atoms with E-state index in [0.29, 0.717) is 5.56 Å². The Kier molecular flexibility index (Phi) is 6.03. The molecule has 5 heteroatoms. The Balaban J connectivity index is 3.14.